The van der Waals surface area contributed by atoms with Crippen LogP contribution in [0.15, 0.2) is 47.4 Å². The smallest absolute Gasteiger partial charge is 0.338 e. The van der Waals surface area contributed by atoms with E-state index in [1.807, 2.05) is 13.8 Å². The topological polar surface area (TPSA) is 92.8 Å². The van der Waals surface area contributed by atoms with Crippen molar-refractivity contribution in [2.75, 3.05) is 18.8 Å². The number of esters is 1. The van der Waals surface area contributed by atoms with Gasteiger partial charge in [-0.1, -0.05) is 6.07 Å². The zero-order chi connectivity index (χ0) is 21.1. The van der Waals surface area contributed by atoms with Gasteiger partial charge in [-0.3, -0.25) is 9.52 Å². The molecule has 0 saturated heterocycles. The molecule has 0 aliphatic carbocycles. The van der Waals surface area contributed by atoms with Crippen molar-refractivity contribution in [2.45, 2.75) is 31.8 Å². The first-order valence-corrected chi connectivity index (χ1v) is 10.1. The molecule has 0 bridgehead atoms. The molecule has 0 aliphatic rings. The Balaban J connectivity index is 2.10. The van der Waals surface area contributed by atoms with E-state index in [0.29, 0.717) is 5.69 Å². The van der Waals surface area contributed by atoms with Crippen LogP contribution in [0.2, 0.25) is 0 Å². The summed E-state index contributed by atoms with van der Waals surface area (Å²) in [5.74, 6) is -0.989. The van der Waals surface area contributed by atoms with Crippen LogP contribution in [0.1, 0.15) is 28.4 Å². The molecule has 2 aromatic rings. The third-order valence-electron chi connectivity index (χ3n) is 4.23. The summed E-state index contributed by atoms with van der Waals surface area (Å²) in [4.78, 5) is 25.4. The molecule has 150 valence electrons. The number of benzene rings is 2. The highest BCUT2D eigenvalue weighted by atomic mass is 32.2. The lowest BCUT2D eigenvalue weighted by Gasteiger charge is -2.17. The molecule has 2 rings (SSSR count). The molecule has 0 aliphatic heterocycles. The average molecular weight is 404 g/mol. The third kappa shape index (κ3) is 5.10. The Labute approximate surface area is 165 Å². The van der Waals surface area contributed by atoms with E-state index in [1.165, 1.54) is 36.1 Å². The summed E-state index contributed by atoms with van der Waals surface area (Å²) < 4.78 is 32.7. The van der Waals surface area contributed by atoms with E-state index in [1.54, 1.807) is 32.3 Å². The summed E-state index contributed by atoms with van der Waals surface area (Å²) in [5, 5.41) is 0. The lowest BCUT2D eigenvalue weighted by molar-refractivity contribution is -0.137. The molecule has 1 N–H and O–H groups in total. The summed E-state index contributed by atoms with van der Waals surface area (Å²) in [7, 11) is -0.597. The fourth-order valence-corrected chi connectivity index (χ4v) is 3.56. The van der Waals surface area contributed by atoms with Crippen molar-refractivity contribution in [3.05, 3.63) is 59.2 Å². The van der Waals surface area contributed by atoms with Crippen LogP contribution in [0.4, 0.5) is 5.69 Å². The maximum atomic E-state index is 12.5. The molecule has 7 nitrogen and oxygen atoms in total. The van der Waals surface area contributed by atoms with Gasteiger partial charge in [-0.05, 0) is 68.3 Å². The highest BCUT2D eigenvalue weighted by Crippen LogP contribution is 2.19. The summed E-state index contributed by atoms with van der Waals surface area (Å²) in [6.45, 7) is 5.24. The molecule has 2 aromatic carbocycles. The minimum atomic E-state index is -3.74. The molecule has 0 spiro atoms. The molecule has 0 saturated carbocycles. The average Bonchev–Trinajstić information content (AvgIpc) is 2.63. The van der Waals surface area contributed by atoms with E-state index < -0.39 is 22.1 Å². The van der Waals surface area contributed by atoms with Crippen LogP contribution in [-0.4, -0.2) is 45.4 Å². The molecule has 0 heterocycles. The number of nitrogens with one attached hydrogen (secondary N) is 1. The maximum Gasteiger partial charge on any atom is 0.338 e. The minimum Gasteiger partial charge on any atom is -0.449 e. The van der Waals surface area contributed by atoms with Gasteiger partial charge in [-0.25, -0.2) is 13.2 Å². The third-order valence-corrected chi connectivity index (χ3v) is 5.61. The van der Waals surface area contributed by atoms with Crippen LogP contribution < -0.4 is 4.72 Å². The molecule has 1 amide bonds. The zero-order valence-electron chi connectivity index (χ0n) is 16.5. The number of rotatable bonds is 6. The minimum absolute atomic E-state index is 0.162. The number of carbonyl (C=O) groups excluding carboxylic acids is 2. The monoisotopic (exact) mass is 404 g/mol. The Hall–Kier alpha value is -2.87. The summed E-state index contributed by atoms with van der Waals surface area (Å²) in [6.07, 6.45) is -0.912. The van der Waals surface area contributed by atoms with Crippen molar-refractivity contribution in [1.29, 1.82) is 0 Å². The zero-order valence-corrected chi connectivity index (χ0v) is 17.3. The van der Waals surface area contributed by atoms with E-state index >= 15 is 0 Å². The first-order valence-electron chi connectivity index (χ1n) is 8.63. The van der Waals surface area contributed by atoms with Gasteiger partial charge in [0.15, 0.2) is 6.10 Å². The maximum absolute atomic E-state index is 12.5. The van der Waals surface area contributed by atoms with Crippen molar-refractivity contribution < 1.29 is 22.7 Å². The number of hydrogen-bond acceptors (Lipinski definition) is 5. The van der Waals surface area contributed by atoms with Gasteiger partial charge < -0.3 is 9.64 Å². The first-order chi connectivity index (χ1) is 13.0. The van der Waals surface area contributed by atoms with Crippen molar-refractivity contribution in [3.63, 3.8) is 0 Å². The number of hydrogen-bond donors (Lipinski definition) is 1. The van der Waals surface area contributed by atoms with Crippen molar-refractivity contribution in [2.24, 2.45) is 0 Å². The van der Waals surface area contributed by atoms with Crippen LogP contribution in [0.5, 0.6) is 0 Å². The normalized spacial score (nSPS) is 12.2. The number of aryl methyl sites for hydroxylation is 2. The number of nitrogens with zero attached hydrogens (tertiary/aromatic N) is 1. The summed E-state index contributed by atoms with van der Waals surface area (Å²) in [5.41, 5.74) is 2.41. The standard InChI is InChI=1S/C20H24N2O5S/c1-13-6-11-18(12-14(13)2)28(25,26)21-17-9-7-16(8-10-17)20(24)27-15(3)19(23)22(4)5/h6-12,15,21H,1-5H3/t15-/m0/s1. The number of carbonyl (C=O) groups is 2. The number of ether oxygens (including phenoxy) is 1. The van der Waals surface area contributed by atoms with E-state index in [4.69, 9.17) is 4.74 Å². The lowest BCUT2D eigenvalue weighted by atomic mass is 10.1. The Kier molecular flexibility index (Phi) is 6.45. The SMILES string of the molecule is Cc1ccc(S(=O)(=O)Nc2ccc(C(=O)O[C@@H](C)C(=O)N(C)C)cc2)cc1C. The molecule has 1 atom stereocenters. The van der Waals surface area contributed by atoms with Crippen LogP contribution in [-0.2, 0) is 19.6 Å². The number of likely N-dealkylation sites (N-methyl/N-ethyl adjacent to an activating group) is 1. The number of anilines is 1. The van der Waals surface area contributed by atoms with E-state index in [-0.39, 0.29) is 16.4 Å². The fourth-order valence-electron chi connectivity index (χ4n) is 2.41. The van der Waals surface area contributed by atoms with Crippen molar-refractivity contribution in [3.8, 4) is 0 Å². The van der Waals surface area contributed by atoms with Gasteiger partial charge in [0.2, 0.25) is 0 Å². The van der Waals surface area contributed by atoms with E-state index in [0.717, 1.165) is 11.1 Å². The Morgan fingerprint density at radius 2 is 1.61 bits per heavy atom. The molecule has 0 fully saturated rings. The summed E-state index contributed by atoms with van der Waals surface area (Å²) >= 11 is 0. The number of sulfonamides is 1. The van der Waals surface area contributed by atoms with Crippen LogP contribution in [0.25, 0.3) is 0 Å². The van der Waals surface area contributed by atoms with Gasteiger partial charge in [0.05, 0.1) is 10.5 Å². The van der Waals surface area contributed by atoms with Crippen molar-refractivity contribution >= 4 is 27.6 Å². The highest BCUT2D eigenvalue weighted by molar-refractivity contribution is 7.92. The Morgan fingerprint density at radius 3 is 2.14 bits per heavy atom. The second-order valence-corrected chi connectivity index (χ2v) is 8.39. The van der Waals surface area contributed by atoms with Gasteiger partial charge >= 0.3 is 5.97 Å². The molecule has 0 aromatic heterocycles. The fraction of sp³-hybridized carbons (Fsp3) is 0.300. The quantitative estimate of drug-likeness (QED) is 0.748. The van der Waals surface area contributed by atoms with E-state index in [2.05, 4.69) is 4.72 Å². The predicted octanol–water partition coefficient (Wildman–Crippen LogP) is 2.74. The molecular formula is C20H24N2O5S. The molecule has 0 radical (unpaired) electrons. The Bertz CT molecular complexity index is 982. The van der Waals surface area contributed by atoms with Gasteiger partial charge in [0.25, 0.3) is 15.9 Å². The van der Waals surface area contributed by atoms with Gasteiger partial charge in [0, 0.05) is 19.8 Å². The van der Waals surface area contributed by atoms with Gasteiger partial charge in [-0.2, -0.15) is 0 Å². The van der Waals surface area contributed by atoms with Gasteiger partial charge in [-0.15, -0.1) is 0 Å². The molecule has 8 heteroatoms. The largest absolute Gasteiger partial charge is 0.449 e. The number of amides is 1. The highest BCUT2D eigenvalue weighted by Gasteiger charge is 2.20. The van der Waals surface area contributed by atoms with Crippen LogP contribution in [0.3, 0.4) is 0 Å². The summed E-state index contributed by atoms with van der Waals surface area (Å²) in [6, 6.07) is 10.7. The van der Waals surface area contributed by atoms with Crippen LogP contribution >= 0.6 is 0 Å². The molecular weight excluding hydrogens is 380 g/mol. The van der Waals surface area contributed by atoms with Gasteiger partial charge in [0.1, 0.15) is 0 Å². The molecule has 0 unspecified atom stereocenters. The second-order valence-electron chi connectivity index (χ2n) is 6.71. The van der Waals surface area contributed by atoms with E-state index in [9.17, 15) is 18.0 Å². The Morgan fingerprint density at radius 1 is 1.00 bits per heavy atom. The second kappa shape index (κ2) is 8.43. The van der Waals surface area contributed by atoms with Crippen LogP contribution in [0, 0.1) is 13.8 Å². The molecule has 28 heavy (non-hydrogen) atoms. The lowest BCUT2D eigenvalue weighted by Crippen LogP contribution is -2.34. The predicted molar refractivity (Wildman–Crippen MR) is 107 cm³/mol. The first kappa shape index (κ1) is 21.4. The van der Waals surface area contributed by atoms with Crippen molar-refractivity contribution in [1.82, 2.24) is 4.90 Å².